The van der Waals surface area contributed by atoms with E-state index in [1.54, 1.807) is 16.4 Å². The van der Waals surface area contributed by atoms with Gasteiger partial charge >= 0.3 is 0 Å². The first-order valence-electron chi connectivity index (χ1n) is 11.9. The van der Waals surface area contributed by atoms with Gasteiger partial charge in [0.05, 0.1) is 4.90 Å². The second-order valence-electron chi connectivity index (χ2n) is 10.1. The molecule has 1 saturated heterocycles. The lowest BCUT2D eigenvalue weighted by Gasteiger charge is -2.34. The molecule has 2 aromatic carbocycles. The van der Waals surface area contributed by atoms with Crippen molar-refractivity contribution in [3.05, 3.63) is 59.7 Å². The van der Waals surface area contributed by atoms with Crippen LogP contribution in [0.2, 0.25) is 0 Å². The first-order chi connectivity index (χ1) is 15.3. The van der Waals surface area contributed by atoms with Gasteiger partial charge < -0.3 is 10.2 Å². The Hall–Kier alpha value is -1.89. The molecule has 0 bridgehead atoms. The van der Waals surface area contributed by atoms with Crippen LogP contribution in [0.1, 0.15) is 51.2 Å². The van der Waals surface area contributed by atoms with Crippen molar-refractivity contribution in [2.75, 3.05) is 37.6 Å². The number of nitrogens with one attached hydrogen (secondary N) is 1. The molecule has 2 aromatic rings. The van der Waals surface area contributed by atoms with E-state index in [0.29, 0.717) is 11.4 Å². The average Bonchev–Trinajstić information content (AvgIpc) is 3.20. The van der Waals surface area contributed by atoms with Gasteiger partial charge in [-0.2, -0.15) is 4.31 Å². The third-order valence-electron chi connectivity index (χ3n) is 6.83. The van der Waals surface area contributed by atoms with Gasteiger partial charge in [-0.25, -0.2) is 8.42 Å². The molecule has 6 heteroatoms. The van der Waals surface area contributed by atoms with Gasteiger partial charge in [0.15, 0.2) is 0 Å². The van der Waals surface area contributed by atoms with Crippen LogP contribution in [0.25, 0.3) is 0 Å². The molecule has 2 heterocycles. The van der Waals surface area contributed by atoms with Crippen molar-refractivity contribution in [3.63, 3.8) is 0 Å². The summed E-state index contributed by atoms with van der Waals surface area (Å²) in [5.74, 6) is 0. The highest BCUT2D eigenvalue weighted by Crippen LogP contribution is 2.29. The van der Waals surface area contributed by atoms with Crippen molar-refractivity contribution >= 4 is 15.7 Å². The van der Waals surface area contributed by atoms with Crippen LogP contribution >= 0.6 is 0 Å². The monoisotopic (exact) mass is 455 g/mol. The molecule has 0 aromatic heterocycles. The summed E-state index contributed by atoms with van der Waals surface area (Å²) in [5.41, 5.74) is 3.86. The smallest absolute Gasteiger partial charge is 0.243 e. The molecule has 0 aliphatic carbocycles. The van der Waals surface area contributed by atoms with Crippen molar-refractivity contribution < 1.29 is 8.42 Å². The van der Waals surface area contributed by atoms with Gasteiger partial charge in [-0.15, -0.1) is 0 Å². The molecule has 5 nitrogen and oxygen atoms in total. The molecule has 1 fully saturated rings. The summed E-state index contributed by atoms with van der Waals surface area (Å²) < 4.78 is 29.2. The first-order valence-corrected chi connectivity index (χ1v) is 13.4. The summed E-state index contributed by atoms with van der Waals surface area (Å²) in [6.45, 7) is 10.7. The number of nitrogens with zero attached hydrogens (tertiary/aromatic N) is 2. The zero-order valence-electron chi connectivity index (χ0n) is 19.7. The fourth-order valence-electron chi connectivity index (χ4n) is 4.91. The van der Waals surface area contributed by atoms with Crippen LogP contribution in [-0.2, 0) is 21.9 Å². The van der Waals surface area contributed by atoms with E-state index in [4.69, 9.17) is 0 Å². The Morgan fingerprint density at radius 3 is 2.41 bits per heavy atom. The number of sulfonamides is 1. The lowest BCUT2D eigenvalue weighted by Crippen LogP contribution is -2.47. The molecule has 0 saturated carbocycles. The van der Waals surface area contributed by atoms with Crippen LogP contribution in [0.3, 0.4) is 0 Å². The number of anilines is 1. The zero-order chi connectivity index (χ0) is 22.8. The molecule has 0 amide bonds. The summed E-state index contributed by atoms with van der Waals surface area (Å²) in [6.07, 6.45) is 3.64. The van der Waals surface area contributed by atoms with Crippen LogP contribution in [0, 0.1) is 0 Å². The number of fused-ring (bicyclic) bond motifs is 1. The van der Waals surface area contributed by atoms with Crippen LogP contribution in [-0.4, -0.2) is 51.5 Å². The highest BCUT2D eigenvalue weighted by Gasteiger charge is 2.32. The average molecular weight is 456 g/mol. The molecule has 0 unspecified atom stereocenters. The van der Waals surface area contributed by atoms with Gasteiger partial charge in [0.2, 0.25) is 10.0 Å². The quantitative estimate of drug-likeness (QED) is 0.681. The van der Waals surface area contributed by atoms with E-state index in [0.717, 1.165) is 57.4 Å². The second-order valence-corrected chi connectivity index (χ2v) is 12.0. The lowest BCUT2D eigenvalue weighted by atomic mass is 9.87. The van der Waals surface area contributed by atoms with Crippen LogP contribution in [0.4, 0.5) is 5.69 Å². The van der Waals surface area contributed by atoms with Gasteiger partial charge in [0.25, 0.3) is 0 Å². The van der Waals surface area contributed by atoms with E-state index in [2.05, 4.69) is 55.3 Å². The molecular formula is C26H37N3O2S. The molecule has 0 radical (unpaired) electrons. The number of para-hydroxylation sites is 1. The van der Waals surface area contributed by atoms with Crippen molar-refractivity contribution in [3.8, 4) is 0 Å². The Morgan fingerprint density at radius 2 is 1.72 bits per heavy atom. The van der Waals surface area contributed by atoms with Crippen molar-refractivity contribution in [1.82, 2.24) is 9.62 Å². The molecular weight excluding hydrogens is 418 g/mol. The van der Waals surface area contributed by atoms with Gasteiger partial charge in [0.1, 0.15) is 0 Å². The second kappa shape index (κ2) is 9.54. The number of rotatable bonds is 7. The lowest BCUT2D eigenvalue weighted by molar-refractivity contribution is 0.260. The van der Waals surface area contributed by atoms with E-state index in [9.17, 15) is 8.42 Å². The SMILES string of the molecule is CC(C)(C)c1ccc(S(=O)(=O)N(CCCN2CCc3ccccc32)C2CCNCC2)cc1. The minimum atomic E-state index is -3.53. The Morgan fingerprint density at radius 1 is 1.03 bits per heavy atom. The topological polar surface area (TPSA) is 52.7 Å². The van der Waals surface area contributed by atoms with E-state index in [1.807, 2.05) is 12.1 Å². The van der Waals surface area contributed by atoms with Crippen molar-refractivity contribution in [2.45, 2.75) is 62.8 Å². The Balaban J connectivity index is 1.50. The summed E-state index contributed by atoms with van der Waals surface area (Å²) in [5, 5.41) is 3.37. The molecule has 0 spiro atoms. The van der Waals surface area contributed by atoms with E-state index in [1.165, 1.54) is 11.3 Å². The van der Waals surface area contributed by atoms with Gasteiger partial charge in [-0.3, -0.25) is 0 Å². The standard InChI is InChI=1S/C26H37N3O2S/c1-26(2,3)22-9-11-24(12-10-22)32(30,31)29(23-13-16-27-17-14-23)19-6-18-28-20-15-21-7-4-5-8-25(21)28/h4-5,7-12,23,27H,6,13-20H2,1-3H3. The summed E-state index contributed by atoms with van der Waals surface area (Å²) in [6, 6.07) is 16.1. The molecule has 32 heavy (non-hydrogen) atoms. The third-order valence-corrected chi connectivity index (χ3v) is 8.80. The maximum absolute atomic E-state index is 13.7. The molecule has 4 rings (SSSR count). The molecule has 0 atom stereocenters. The fraction of sp³-hybridized carbons (Fsp3) is 0.538. The first kappa shape index (κ1) is 23.3. The minimum absolute atomic E-state index is 0.00301. The van der Waals surface area contributed by atoms with Crippen LogP contribution in [0.15, 0.2) is 53.4 Å². The highest BCUT2D eigenvalue weighted by atomic mass is 32.2. The van der Waals surface area contributed by atoms with E-state index in [-0.39, 0.29) is 11.5 Å². The maximum Gasteiger partial charge on any atom is 0.243 e. The predicted octanol–water partition coefficient (Wildman–Crippen LogP) is 4.18. The van der Waals surface area contributed by atoms with Crippen molar-refractivity contribution in [2.24, 2.45) is 0 Å². The molecule has 2 aliphatic rings. The number of hydrogen-bond donors (Lipinski definition) is 1. The maximum atomic E-state index is 13.7. The van der Waals surface area contributed by atoms with Gasteiger partial charge in [-0.05, 0) is 73.5 Å². The summed E-state index contributed by atoms with van der Waals surface area (Å²) in [7, 11) is -3.53. The van der Waals surface area contributed by atoms with Gasteiger partial charge in [-0.1, -0.05) is 51.1 Å². The van der Waals surface area contributed by atoms with Gasteiger partial charge in [0, 0.05) is 31.4 Å². The minimum Gasteiger partial charge on any atom is -0.371 e. The highest BCUT2D eigenvalue weighted by molar-refractivity contribution is 7.89. The van der Waals surface area contributed by atoms with E-state index < -0.39 is 10.0 Å². The normalized spacial score (nSPS) is 17.7. The molecule has 1 N–H and O–H groups in total. The Labute approximate surface area is 193 Å². The summed E-state index contributed by atoms with van der Waals surface area (Å²) in [4.78, 5) is 2.82. The van der Waals surface area contributed by atoms with Crippen LogP contribution in [0.5, 0.6) is 0 Å². The number of hydrogen-bond acceptors (Lipinski definition) is 4. The van der Waals surface area contributed by atoms with E-state index >= 15 is 0 Å². The molecule has 2 aliphatic heterocycles. The largest absolute Gasteiger partial charge is 0.371 e. The van der Waals surface area contributed by atoms with Crippen molar-refractivity contribution in [1.29, 1.82) is 0 Å². The third kappa shape index (κ3) is 5.03. The fourth-order valence-corrected chi connectivity index (χ4v) is 6.64. The Bertz CT molecular complexity index is 1010. The van der Waals surface area contributed by atoms with Crippen LogP contribution < -0.4 is 10.2 Å². The Kier molecular flexibility index (Phi) is 6.94. The zero-order valence-corrected chi connectivity index (χ0v) is 20.5. The molecule has 174 valence electrons. The number of piperidine rings is 1. The number of benzene rings is 2. The predicted molar refractivity (Wildman–Crippen MR) is 132 cm³/mol. The summed E-state index contributed by atoms with van der Waals surface area (Å²) >= 11 is 0.